The first-order valence-corrected chi connectivity index (χ1v) is 12.1. The van der Waals surface area contributed by atoms with E-state index in [2.05, 4.69) is 115 Å². The highest BCUT2D eigenvalue weighted by atomic mass is 14.9. The van der Waals surface area contributed by atoms with E-state index < -0.39 is 0 Å². The van der Waals surface area contributed by atoms with Crippen LogP contribution in [0, 0.1) is 0 Å². The number of hydrogen-bond acceptors (Lipinski definition) is 2. The minimum absolute atomic E-state index is 0.724. The van der Waals surface area contributed by atoms with E-state index >= 15 is 0 Å². The Labute approximate surface area is 211 Å². The van der Waals surface area contributed by atoms with E-state index in [1.54, 1.807) is 0 Å². The standard InChI is InChI=1S/C34H24N2/c1-4-10-25(11-5-1)27-16-20-29(21-17-27)32-24-33(36-34(35-32)31-14-8-3-9-15-31)30-22-18-28(19-23-30)26-12-6-2-7-13-26/h1-24H. The fourth-order valence-corrected chi connectivity index (χ4v) is 4.39. The van der Waals surface area contributed by atoms with Gasteiger partial charge in [-0.2, -0.15) is 0 Å². The smallest absolute Gasteiger partial charge is 0.160 e. The molecule has 0 atom stereocenters. The lowest BCUT2D eigenvalue weighted by atomic mass is 10.0. The van der Waals surface area contributed by atoms with Crippen molar-refractivity contribution in [1.29, 1.82) is 0 Å². The van der Waals surface area contributed by atoms with E-state index in [0.29, 0.717) is 0 Å². The largest absolute Gasteiger partial charge is 0.228 e. The second-order valence-electron chi connectivity index (χ2n) is 8.71. The van der Waals surface area contributed by atoms with Crippen LogP contribution in [0.1, 0.15) is 0 Å². The van der Waals surface area contributed by atoms with Gasteiger partial charge in [-0.3, -0.25) is 0 Å². The Morgan fingerprint density at radius 1 is 0.278 bits per heavy atom. The van der Waals surface area contributed by atoms with Crippen molar-refractivity contribution in [2.45, 2.75) is 0 Å². The second kappa shape index (κ2) is 9.81. The molecule has 1 aromatic heterocycles. The molecule has 0 radical (unpaired) electrons. The Bertz CT molecular complexity index is 1470. The van der Waals surface area contributed by atoms with E-state index in [0.717, 1.165) is 33.9 Å². The molecule has 0 unspecified atom stereocenters. The summed E-state index contributed by atoms with van der Waals surface area (Å²) in [5, 5.41) is 0. The molecule has 0 bridgehead atoms. The summed E-state index contributed by atoms with van der Waals surface area (Å²) < 4.78 is 0. The lowest BCUT2D eigenvalue weighted by Crippen LogP contribution is -1.96. The third-order valence-corrected chi connectivity index (χ3v) is 6.33. The van der Waals surface area contributed by atoms with Gasteiger partial charge in [-0.1, -0.05) is 140 Å². The molecular formula is C34H24N2. The topological polar surface area (TPSA) is 25.8 Å². The molecule has 2 heteroatoms. The first kappa shape index (κ1) is 21.7. The van der Waals surface area contributed by atoms with Crippen molar-refractivity contribution in [3.63, 3.8) is 0 Å². The van der Waals surface area contributed by atoms with Crippen molar-refractivity contribution in [3.8, 4) is 56.2 Å². The normalized spacial score (nSPS) is 10.8. The van der Waals surface area contributed by atoms with Crippen LogP contribution in [0.4, 0.5) is 0 Å². The monoisotopic (exact) mass is 460 g/mol. The highest BCUT2D eigenvalue weighted by molar-refractivity contribution is 5.75. The third-order valence-electron chi connectivity index (χ3n) is 6.33. The molecule has 6 aromatic rings. The van der Waals surface area contributed by atoms with Gasteiger partial charge in [0.2, 0.25) is 0 Å². The van der Waals surface area contributed by atoms with Crippen LogP contribution < -0.4 is 0 Å². The molecule has 36 heavy (non-hydrogen) atoms. The fraction of sp³-hybridized carbons (Fsp3) is 0. The van der Waals surface area contributed by atoms with Crippen molar-refractivity contribution in [3.05, 3.63) is 146 Å². The minimum atomic E-state index is 0.724. The van der Waals surface area contributed by atoms with Crippen LogP contribution in [0.25, 0.3) is 56.2 Å². The van der Waals surface area contributed by atoms with Crippen molar-refractivity contribution >= 4 is 0 Å². The van der Waals surface area contributed by atoms with Crippen molar-refractivity contribution in [1.82, 2.24) is 9.97 Å². The molecule has 0 aliphatic heterocycles. The highest BCUT2D eigenvalue weighted by Gasteiger charge is 2.11. The zero-order chi connectivity index (χ0) is 24.2. The molecule has 0 amide bonds. The molecule has 0 fully saturated rings. The summed E-state index contributed by atoms with van der Waals surface area (Å²) in [5.41, 5.74) is 9.74. The van der Waals surface area contributed by atoms with E-state index in [1.807, 2.05) is 30.3 Å². The van der Waals surface area contributed by atoms with Crippen LogP contribution in [0.15, 0.2) is 146 Å². The summed E-state index contributed by atoms with van der Waals surface area (Å²) in [4.78, 5) is 9.91. The maximum atomic E-state index is 4.96. The number of hydrogen-bond donors (Lipinski definition) is 0. The second-order valence-corrected chi connectivity index (χ2v) is 8.71. The van der Waals surface area contributed by atoms with Gasteiger partial charge >= 0.3 is 0 Å². The van der Waals surface area contributed by atoms with Gasteiger partial charge in [0.25, 0.3) is 0 Å². The Kier molecular flexibility index (Phi) is 5.91. The van der Waals surface area contributed by atoms with Crippen LogP contribution in [0.2, 0.25) is 0 Å². The Balaban J connectivity index is 1.41. The summed E-state index contributed by atoms with van der Waals surface area (Å²) in [6.45, 7) is 0. The minimum Gasteiger partial charge on any atom is -0.228 e. The molecular weight excluding hydrogens is 436 g/mol. The summed E-state index contributed by atoms with van der Waals surface area (Å²) in [6, 6.07) is 50.3. The molecule has 0 spiro atoms. The average Bonchev–Trinajstić information content (AvgIpc) is 2.98. The van der Waals surface area contributed by atoms with Gasteiger partial charge in [0.1, 0.15) is 0 Å². The van der Waals surface area contributed by atoms with Crippen LogP contribution >= 0.6 is 0 Å². The predicted molar refractivity (Wildman–Crippen MR) is 149 cm³/mol. The van der Waals surface area contributed by atoms with Crippen LogP contribution in [0.5, 0.6) is 0 Å². The summed E-state index contributed by atoms with van der Waals surface area (Å²) in [7, 11) is 0. The molecule has 170 valence electrons. The predicted octanol–water partition coefficient (Wildman–Crippen LogP) is 8.81. The van der Waals surface area contributed by atoms with Crippen LogP contribution in [0.3, 0.4) is 0 Å². The molecule has 0 saturated heterocycles. The molecule has 0 N–H and O–H groups in total. The van der Waals surface area contributed by atoms with Gasteiger partial charge in [0, 0.05) is 16.7 Å². The Hall–Kier alpha value is -4.82. The molecule has 1 heterocycles. The maximum absolute atomic E-state index is 4.96. The molecule has 2 nitrogen and oxygen atoms in total. The zero-order valence-corrected chi connectivity index (χ0v) is 19.8. The van der Waals surface area contributed by atoms with Gasteiger partial charge in [0.15, 0.2) is 5.82 Å². The first-order valence-electron chi connectivity index (χ1n) is 12.1. The van der Waals surface area contributed by atoms with Crippen molar-refractivity contribution < 1.29 is 0 Å². The van der Waals surface area contributed by atoms with Gasteiger partial charge in [-0.05, 0) is 28.3 Å². The number of benzene rings is 5. The number of aromatic nitrogens is 2. The molecule has 6 rings (SSSR count). The molecule has 5 aromatic carbocycles. The highest BCUT2D eigenvalue weighted by Crippen LogP contribution is 2.30. The zero-order valence-electron chi connectivity index (χ0n) is 19.8. The van der Waals surface area contributed by atoms with E-state index in [-0.39, 0.29) is 0 Å². The summed E-state index contributed by atoms with van der Waals surface area (Å²) >= 11 is 0. The average molecular weight is 461 g/mol. The molecule has 0 aliphatic rings. The van der Waals surface area contributed by atoms with Crippen LogP contribution in [-0.4, -0.2) is 9.97 Å². The van der Waals surface area contributed by atoms with Gasteiger partial charge < -0.3 is 0 Å². The van der Waals surface area contributed by atoms with Gasteiger partial charge in [-0.25, -0.2) is 9.97 Å². The molecule has 0 aliphatic carbocycles. The quantitative estimate of drug-likeness (QED) is 0.257. The number of rotatable bonds is 5. The summed E-state index contributed by atoms with van der Waals surface area (Å²) in [6.07, 6.45) is 0. The lowest BCUT2D eigenvalue weighted by Gasteiger charge is -2.11. The van der Waals surface area contributed by atoms with Crippen LogP contribution in [-0.2, 0) is 0 Å². The van der Waals surface area contributed by atoms with Gasteiger partial charge in [-0.15, -0.1) is 0 Å². The third kappa shape index (κ3) is 4.57. The van der Waals surface area contributed by atoms with Gasteiger partial charge in [0.05, 0.1) is 11.4 Å². The summed E-state index contributed by atoms with van der Waals surface area (Å²) in [5.74, 6) is 0.724. The first-order chi connectivity index (χ1) is 17.8. The SMILES string of the molecule is c1ccc(-c2ccc(-c3cc(-c4ccc(-c5ccccc5)cc4)nc(-c4ccccc4)n3)cc2)cc1. The molecule has 0 saturated carbocycles. The Morgan fingerprint density at radius 3 is 0.972 bits per heavy atom. The van der Waals surface area contributed by atoms with Crippen molar-refractivity contribution in [2.75, 3.05) is 0 Å². The lowest BCUT2D eigenvalue weighted by molar-refractivity contribution is 1.18. The Morgan fingerprint density at radius 2 is 0.583 bits per heavy atom. The van der Waals surface area contributed by atoms with E-state index in [4.69, 9.17) is 9.97 Å². The maximum Gasteiger partial charge on any atom is 0.160 e. The van der Waals surface area contributed by atoms with E-state index in [1.165, 1.54) is 22.3 Å². The number of nitrogens with zero attached hydrogens (tertiary/aromatic N) is 2. The van der Waals surface area contributed by atoms with Crippen molar-refractivity contribution in [2.24, 2.45) is 0 Å². The fourth-order valence-electron chi connectivity index (χ4n) is 4.39. The van der Waals surface area contributed by atoms with E-state index in [9.17, 15) is 0 Å².